The van der Waals surface area contributed by atoms with Crippen LogP contribution in [0.5, 0.6) is 23.0 Å². The number of pyridine rings is 2. The molecule has 1 atom stereocenters. The maximum absolute atomic E-state index is 9.87. The van der Waals surface area contributed by atoms with E-state index in [9.17, 15) is 10.5 Å². The van der Waals surface area contributed by atoms with E-state index in [-0.39, 0.29) is 0 Å². The summed E-state index contributed by atoms with van der Waals surface area (Å²) in [6.45, 7) is 0. The molecule has 8 heteroatoms. The fourth-order valence-corrected chi connectivity index (χ4v) is 9.34. The van der Waals surface area contributed by atoms with Gasteiger partial charge in [-0.05, 0) is 96.6 Å². The molecule has 0 saturated carbocycles. The minimum atomic E-state index is -0.925. The van der Waals surface area contributed by atoms with E-state index in [1.165, 1.54) is 0 Å². The van der Waals surface area contributed by atoms with Crippen LogP contribution in [0.15, 0.2) is 158 Å². The van der Waals surface area contributed by atoms with Crippen LogP contribution < -0.4 is 14.4 Å². The summed E-state index contributed by atoms with van der Waals surface area (Å²) in [6.07, 6.45) is 3.73. The van der Waals surface area contributed by atoms with Crippen LogP contribution in [0, 0.1) is 22.7 Å². The number of hydrogen-bond donors (Lipinski definition) is 0. The lowest BCUT2D eigenvalue weighted by Crippen LogP contribution is -2.34. The van der Waals surface area contributed by atoms with Crippen molar-refractivity contribution < 1.29 is 9.47 Å². The number of para-hydroxylation sites is 5. The monoisotopic (exact) mass is 730 g/mol. The summed E-state index contributed by atoms with van der Waals surface area (Å²) < 4.78 is 15.6. The Kier molecular flexibility index (Phi) is 6.24. The minimum absolute atomic E-state index is 0.547. The fourth-order valence-electron chi connectivity index (χ4n) is 9.34. The third kappa shape index (κ3) is 4.08. The number of aromatic nitrogens is 3. The number of nitriles is 2. The smallest absolute Gasteiger partial charge is 0.151 e. The van der Waals surface area contributed by atoms with Gasteiger partial charge in [-0.1, -0.05) is 54.6 Å². The molecule has 3 aromatic heterocycles. The highest BCUT2D eigenvalue weighted by molar-refractivity contribution is 6.10. The lowest BCUT2D eigenvalue weighted by molar-refractivity contribution is 0.436. The molecule has 12 rings (SSSR count). The molecule has 3 aliphatic rings. The van der Waals surface area contributed by atoms with Gasteiger partial charge in [-0.2, -0.15) is 10.5 Å². The molecule has 2 aliphatic heterocycles. The zero-order valence-electron chi connectivity index (χ0n) is 30.0. The summed E-state index contributed by atoms with van der Waals surface area (Å²) in [5.74, 6) is 2.99. The normalized spacial score (nSPS) is 15.3. The summed E-state index contributed by atoms with van der Waals surface area (Å²) in [5.41, 5.74) is 11.1. The van der Waals surface area contributed by atoms with Crippen molar-refractivity contribution in [3.63, 3.8) is 0 Å². The van der Waals surface area contributed by atoms with Crippen molar-refractivity contribution in [2.75, 3.05) is 4.90 Å². The van der Waals surface area contributed by atoms with Gasteiger partial charge in [0.15, 0.2) is 11.5 Å². The van der Waals surface area contributed by atoms with E-state index in [0.29, 0.717) is 11.1 Å². The number of rotatable bonds is 2. The van der Waals surface area contributed by atoms with E-state index in [1.807, 2.05) is 116 Å². The van der Waals surface area contributed by atoms with Gasteiger partial charge in [0.25, 0.3) is 0 Å². The van der Waals surface area contributed by atoms with Crippen LogP contribution >= 0.6 is 0 Å². The van der Waals surface area contributed by atoms with Gasteiger partial charge in [0.05, 0.1) is 80.0 Å². The molecule has 5 heterocycles. The number of nitrogens with zero attached hydrogens (tertiary/aromatic N) is 6. The van der Waals surface area contributed by atoms with Gasteiger partial charge in [0.2, 0.25) is 0 Å². The van der Waals surface area contributed by atoms with Crippen molar-refractivity contribution in [1.29, 1.82) is 10.5 Å². The van der Waals surface area contributed by atoms with E-state index < -0.39 is 5.41 Å². The Bertz CT molecular complexity index is 3200. The Labute approximate surface area is 326 Å². The quantitative estimate of drug-likeness (QED) is 0.174. The average molecular weight is 731 g/mol. The molecule has 57 heavy (non-hydrogen) atoms. The predicted molar refractivity (Wildman–Crippen MR) is 218 cm³/mol. The number of ether oxygens (including phenoxy) is 2. The fraction of sp³-hybridized carbons (Fsp3) is 0.0204. The zero-order valence-corrected chi connectivity index (χ0v) is 30.0. The van der Waals surface area contributed by atoms with Crippen molar-refractivity contribution in [3.05, 3.63) is 191 Å². The van der Waals surface area contributed by atoms with Crippen molar-refractivity contribution in [3.8, 4) is 52.2 Å². The van der Waals surface area contributed by atoms with Crippen LogP contribution in [-0.2, 0) is 5.41 Å². The largest absolute Gasteiger partial charge is 0.457 e. The van der Waals surface area contributed by atoms with Crippen molar-refractivity contribution in [2.45, 2.75) is 5.41 Å². The van der Waals surface area contributed by atoms with Crippen molar-refractivity contribution >= 4 is 38.9 Å². The second-order valence-corrected chi connectivity index (χ2v) is 14.4. The van der Waals surface area contributed by atoms with E-state index in [0.717, 1.165) is 101 Å². The second-order valence-electron chi connectivity index (χ2n) is 14.4. The first kappa shape index (κ1) is 31.2. The first-order chi connectivity index (χ1) is 28.2. The van der Waals surface area contributed by atoms with E-state index >= 15 is 0 Å². The molecule has 0 fully saturated rings. The average Bonchev–Trinajstić information content (AvgIpc) is 3.74. The first-order valence-corrected chi connectivity index (χ1v) is 18.6. The van der Waals surface area contributed by atoms with Gasteiger partial charge in [-0.15, -0.1) is 0 Å². The Morgan fingerprint density at radius 3 is 1.79 bits per heavy atom. The lowest BCUT2D eigenvalue weighted by Gasteiger charge is -2.43. The molecule has 1 unspecified atom stereocenters. The summed E-state index contributed by atoms with van der Waals surface area (Å²) in [4.78, 5) is 12.6. The Morgan fingerprint density at radius 2 is 1.09 bits per heavy atom. The first-order valence-electron chi connectivity index (χ1n) is 18.6. The number of benzene rings is 6. The number of fused-ring (bicyclic) bond motifs is 14. The maximum atomic E-state index is 9.87. The molecule has 6 aromatic carbocycles. The minimum Gasteiger partial charge on any atom is -0.457 e. The van der Waals surface area contributed by atoms with Gasteiger partial charge < -0.3 is 18.9 Å². The molecule has 0 N–H and O–H groups in total. The zero-order chi connectivity index (χ0) is 37.8. The summed E-state index contributed by atoms with van der Waals surface area (Å²) in [7, 11) is 0. The van der Waals surface area contributed by atoms with Crippen LogP contribution in [0.3, 0.4) is 0 Å². The molecule has 0 saturated heterocycles. The molecular formula is C49H26N6O2. The molecule has 1 spiro atoms. The standard InChI is InChI=1S/C49H26N6O2/c50-26-29-18-20-37-32(23-29)33-24-30(27-51)19-21-38(33)54(37)31-25-36-48(53-28-31)47-35(10-8-22-52-47)49(36)34-9-1-4-14-42(34)56-45-17-7-13-41(46(45)49)55-39-11-2-5-15-43(39)57-44-16-6-3-12-40(44)55/h1-25,28H. The molecule has 8 nitrogen and oxygen atoms in total. The van der Waals surface area contributed by atoms with Gasteiger partial charge in [0.1, 0.15) is 11.5 Å². The topological polar surface area (TPSA) is 100.0 Å². The van der Waals surface area contributed by atoms with E-state index in [4.69, 9.17) is 19.4 Å². The third-order valence-corrected chi connectivity index (χ3v) is 11.6. The third-order valence-electron chi connectivity index (χ3n) is 11.6. The molecule has 1 aliphatic carbocycles. The highest BCUT2D eigenvalue weighted by Crippen LogP contribution is 2.65. The van der Waals surface area contributed by atoms with Crippen LogP contribution in [0.4, 0.5) is 17.1 Å². The van der Waals surface area contributed by atoms with Crippen LogP contribution in [0.25, 0.3) is 38.9 Å². The Hall–Kier alpha value is -8.20. The molecule has 264 valence electrons. The van der Waals surface area contributed by atoms with Crippen molar-refractivity contribution in [1.82, 2.24) is 14.5 Å². The predicted octanol–water partition coefficient (Wildman–Crippen LogP) is 11.4. The molecule has 9 aromatic rings. The molecule has 0 bridgehead atoms. The Balaban J connectivity index is 1.21. The number of anilines is 3. The highest BCUT2D eigenvalue weighted by atomic mass is 16.5. The van der Waals surface area contributed by atoms with Gasteiger partial charge >= 0.3 is 0 Å². The van der Waals surface area contributed by atoms with Crippen molar-refractivity contribution in [2.24, 2.45) is 0 Å². The van der Waals surface area contributed by atoms with Crippen LogP contribution in [-0.4, -0.2) is 14.5 Å². The molecule has 0 amide bonds. The number of hydrogen-bond acceptors (Lipinski definition) is 7. The SMILES string of the molecule is N#Cc1ccc2c(c1)c1cc(C#N)ccc1n2-c1cnc2c(c1)C1(c3ccccc3Oc3cccc(N4c5ccccc5Oc5ccccc54)c31)c1cccnc1-2. The summed E-state index contributed by atoms with van der Waals surface area (Å²) in [5, 5.41) is 21.5. The Morgan fingerprint density at radius 1 is 0.509 bits per heavy atom. The molecule has 0 radical (unpaired) electrons. The van der Waals surface area contributed by atoms with Gasteiger partial charge in [-0.25, -0.2) is 0 Å². The summed E-state index contributed by atoms with van der Waals surface area (Å²) >= 11 is 0. The van der Waals surface area contributed by atoms with E-state index in [1.54, 1.807) is 0 Å². The van der Waals surface area contributed by atoms with Crippen LogP contribution in [0.2, 0.25) is 0 Å². The van der Waals surface area contributed by atoms with Gasteiger partial charge in [-0.3, -0.25) is 9.97 Å². The summed E-state index contributed by atoms with van der Waals surface area (Å²) in [6, 6.07) is 53.1. The molecular weight excluding hydrogens is 705 g/mol. The maximum Gasteiger partial charge on any atom is 0.151 e. The van der Waals surface area contributed by atoms with Crippen LogP contribution in [0.1, 0.15) is 33.4 Å². The van der Waals surface area contributed by atoms with E-state index in [2.05, 4.69) is 64.1 Å². The lowest BCUT2D eigenvalue weighted by atomic mass is 9.65. The second kappa shape index (κ2) is 11.4. The van der Waals surface area contributed by atoms with Gasteiger partial charge in [0, 0.05) is 33.7 Å². The highest BCUT2D eigenvalue weighted by Gasteiger charge is 2.54.